The predicted octanol–water partition coefficient (Wildman–Crippen LogP) is 3.64. The molecule has 2 rings (SSSR count). The average molecular weight is 218 g/mol. The van der Waals surface area contributed by atoms with E-state index in [2.05, 4.69) is 45.0 Å². The minimum absolute atomic E-state index is 0.584. The second-order valence-electron chi connectivity index (χ2n) is 5.59. The van der Waals surface area contributed by atoms with Gasteiger partial charge in [-0.05, 0) is 43.6 Å². The third-order valence-electron chi connectivity index (χ3n) is 4.23. The fourth-order valence-electron chi connectivity index (χ4n) is 2.71. The fourth-order valence-corrected chi connectivity index (χ4v) is 2.71. The molecule has 0 spiro atoms. The second-order valence-corrected chi connectivity index (χ2v) is 5.59. The van der Waals surface area contributed by atoms with Crippen LogP contribution in [-0.2, 0) is 5.60 Å². The van der Waals surface area contributed by atoms with Gasteiger partial charge in [0, 0.05) is 0 Å². The van der Waals surface area contributed by atoms with Gasteiger partial charge in [-0.1, -0.05) is 43.7 Å². The Morgan fingerprint density at radius 1 is 1.12 bits per heavy atom. The van der Waals surface area contributed by atoms with Crippen molar-refractivity contribution in [2.75, 3.05) is 0 Å². The smallest absolute Gasteiger partial charge is 0.0899 e. The molecule has 0 aromatic heterocycles. The molecule has 0 aliphatic heterocycles. The summed E-state index contributed by atoms with van der Waals surface area (Å²) in [5, 5.41) is 10.7. The Hall–Kier alpha value is -0.820. The normalized spacial score (nSPS) is 35.0. The van der Waals surface area contributed by atoms with Crippen LogP contribution < -0.4 is 0 Å². The minimum atomic E-state index is -0.584. The van der Waals surface area contributed by atoms with Crippen LogP contribution in [0.3, 0.4) is 0 Å². The lowest BCUT2D eigenvalue weighted by Gasteiger charge is -2.39. The lowest BCUT2D eigenvalue weighted by atomic mass is 9.70. The van der Waals surface area contributed by atoms with Gasteiger partial charge in [0.2, 0.25) is 0 Å². The van der Waals surface area contributed by atoms with Crippen LogP contribution in [0.15, 0.2) is 24.3 Å². The average Bonchev–Trinajstić information content (AvgIpc) is 2.25. The lowest BCUT2D eigenvalue weighted by Crippen LogP contribution is -2.35. The Morgan fingerprint density at radius 2 is 1.75 bits per heavy atom. The van der Waals surface area contributed by atoms with Gasteiger partial charge in [-0.25, -0.2) is 0 Å². The lowest BCUT2D eigenvalue weighted by molar-refractivity contribution is -0.0336. The quantitative estimate of drug-likeness (QED) is 0.763. The van der Waals surface area contributed by atoms with Crippen LogP contribution in [-0.4, -0.2) is 5.11 Å². The van der Waals surface area contributed by atoms with E-state index in [1.165, 1.54) is 5.56 Å². The summed E-state index contributed by atoms with van der Waals surface area (Å²) in [7, 11) is 0. The molecule has 0 saturated heterocycles. The van der Waals surface area contributed by atoms with Crippen LogP contribution in [0.4, 0.5) is 0 Å². The van der Waals surface area contributed by atoms with Crippen LogP contribution >= 0.6 is 0 Å². The molecule has 1 fully saturated rings. The maximum absolute atomic E-state index is 10.7. The van der Waals surface area contributed by atoms with E-state index in [1.807, 2.05) is 0 Å². The highest BCUT2D eigenvalue weighted by atomic mass is 16.3. The number of hydrogen-bond acceptors (Lipinski definition) is 1. The van der Waals surface area contributed by atoms with Gasteiger partial charge in [0.05, 0.1) is 5.60 Å². The molecule has 1 N–H and O–H groups in total. The fraction of sp³-hybridized carbons (Fsp3) is 0.600. The van der Waals surface area contributed by atoms with E-state index in [1.54, 1.807) is 0 Å². The topological polar surface area (TPSA) is 20.2 Å². The van der Waals surface area contributed by atoms with Crippen molar-refractivity contribution in [3.05, 3.63) is 35.4 Å². The third kappa shape index (κ3) is 2.15. The molecule has 0 heterocycles. The molecular weight excluding hydrogens is 196 g/mol. The van der Waals surface area contributed by atoms with E-state index in [0.717, 1.165) is 30.7 Å². The van der Waals surface area contributed by atoms with E-state index < -0.39 is 5.60 Å². The molecule has 0 amide bonds. The Balaban J connectivity index is 2.22. The first kappa shape index (κ1) is 11.7. The first-order valence-corrected chi connectivity index (χ1v) is 6.31. The molecule has 1 nitrogen and oxygen atoms in total. The Kier molecular flexibility index (Phi) is 3.07. The van der Waals surface area contributed by atoms with Gasteiger partial charge < -0.3 is 5.11 Å². The third-order valence-corrected chi connectivity index (χ3v) is 4.23. The summed E-state index contributed by atoms with van der Waals surface area (Å²) in [6.07, 6.45) is 2.93. The summed E-state index contributed by atoms with van der Waals surface area (Å²) >= 11 is 0. The van der Waals surface area contributed by atoms with Crippen molar-refractivity contribution in [2.45, 2.75) is 45.6 Å². The standard InChI is InChI=1S/C15H22O/c1-11-4-6-14(7-5-11)15(16)9-8-12(2)13(3)10-15/h4-7,12-13,16H,8-10H2,1-3H3. The number of aliphatic hydroxyl groups is 1. The molecule has 3 unspecified atom stereocenters. The maximum atomic E-state index is 10.7. The van der Waals surface area contributed by atoms with Gasteiger partial charge in [-0.15, -0.1) is 0 Å². The number of hydrogen-bond donors (Lipinski definition) is 1. The molecule has 1 saturated carbocycles. The molecule has 1 aliphatic carbocycles. The monoisotopic (exact) mass is 218 g/mol. The Morgan fingerprint density at radius 3 is 2.31 bits per heavy atom. The summed E-state index contributed by atoms with van der Waals surface area (Å²) in [6, 6.07) is 8.35. The van der Waals surface area contributed by atoms with Crippen molar-refractivity contribution < 1.29 is 5.11 Å². The highest BCUT2D eigenvalue weighted by Gasteiger charge is 2.37. The summed E-state index contributed by atoms with van der Waals surface area (Å²) < 4.78 is 0. The molecule has 3 atom stereocenters. The highest BCUT2D eigenvalue weighted by Crippen LogP contribution is 2.42. The van der Waals surface area contributed by atoms with Gasteiger partial charge in [0.15, 0.2) is 0 Å². The summed E-state index contributed by atoms with van der Waals surface area (Å²) in [5.41, 5.74) is 1.76. The molecule has 0 bridgehead atoms. The van der Waals surface area contributed by atoms with Gasteiger partial charge >= 0.3 is 0 Å². The molecule has 1 aromatic rings. The van der Waals surface area contributed by atoms with E-state index in [-0.39, 0.29) is 0 Å². The van der Waals surface area contributed by atoms with E-state index in [0.29, 0.717) is 5.92 Å². The number of benzene rings is 1. The van der Waals surface area contributed by atoms with E-state index in [9.17, 15) is 5.11 Å². The molecule has 1 heteroatoms. The van der Waals surface area contributed by atoms with Crippen molar-refractivity contribution in [1.82, 2.24) is 0 Å². The van der Waals surface area contributed by atoms with Crippen molar-refractivity contribution in [1.29, 1.82) is 0 Å². The van der Waals surface area contributed by atoms with Crippen LogP contribution in [0.2, 0.25) is 0 Å². The largest absolute Gasteiger partial charge is 0.385 e. The van der Waals surface area contributed by atoms with Crippen molar-refractivity contribution in [2.24, 2.45) is 11.8 Å². The van der Waals surface area contributed by atoms with Gasteiger partial charge in [0.25, 0.3) is 0 Å². The van der Waals surface area contributed by atoms with Gasteiger partial charge in [0.1, 0.15) is 0 Å². The number of aryl methyl sites for hydroxylation is 1. The summed E-state index contributed by atoms with van der Waals surface area (Å²) in [4.78, 5) is 0. The zero-order valence-corrected chi connectivity index (χ0v) is 10.5. The second kappa shape index (κ2) is 4.21. The summed E-state index contributed by atoms with van der Waals surface area (Å²) in [6.45, 7) is 6.63. The van der Waals surface area contributed by atoms with Gasteiger partial charge in [-0.3, -0.25) is 0 Å². The molecule has 16 heavy (non-hydrogen) atoms. The zero-order chi connectivity index (χ0) is 11.8. The Labute approximate surface area is 98.5 Å². The minimum Gasteiger partial charge on any atom is -0.385 e. The van der Waals surface area contributed by atoms with Crippen molar-refractivity contribution in [3.63, 3.8) is 0 Å². The molecule has 1 aromatic carbocycles. The first-order chi connectivity index (χ1) is 7.51. The van der Waals surface area contributed by atoms with Gasteiger partial charge in [-0.2, -0.15) is 0 Å². The van der Waals surface area contributed by atoms with Crippen molar-refractivity contribution in [3.8, 4) is 0 Å². The van der Waals surface area contributed by atoms with Crippen LogP contribution in [0, 0.1) is 18.8 Å². The Bertz CT molecular complexity index is 354. The predicted molar refractivity (Wildman–Crippen MR) is 67.3 cm³/mol. The number of rotatable bonds is 1. The van der Waals surface area contributed by atoms with Crippen LogP contribution in [0.5, 0.6) is 0 Å². The molecule has 1 aliphatic rings. The molecule has 88 valence electrons. The summed E-state index contributed by atoms with van der Waals surface area (Å²) in [5.74, 6) is 1.35. The zero-order valence-electron chi connectivity index (χ0n) is 10.5. The van der Waals surface area contributed by atoms with E-state index in [4.69, 9.17) is 0 Å². The van der Waals surface area contributed by atoms with Crippen LogP contribution in [0.1, 0.15) is 44.2 Å². The first-order valence-electron chi connectivity index (χ1n) is 6.31. The van der Waals surface area contributed by atoms with Crippen molar-refractivity contribution >= 4 is 0 Å². The SMILES string of the molecule is Cc1ccc(C2(O)CCC(C)C(C)C2)cc1. The highest BCUT2D eigenvalue weighted by molar-refractivity contribution is 5.27. The molecule has 0 radical (unpaired) electrons. The maximum Gasteiger partial charge on any atom is 0.0899 e. The van der Waals surface area contributed by atoms with E-state index >= 15 is 0 Å². The molecular formula is C15H22O. The van der Waals surface area contributed by atoms with Crippen LogP contribution in [0.25, 0.3) is 0 Å².